The molecule has 0 aliphatic carbocycles. The van der Waals surface area contributed by atoms with Gasteiger partial charge in [0.25, 0.3) is 0 Å². The summed E-state index contributed by atoms with van der Waals surface area (Å²) in [4.78, 5) is 11.6. The van der Waals surface area contributed by atoms with E-state index in [9.17, 15) is 0 Å². The van der Waals surface area contributed by atoms with E-state index < -0.39 is 0 Å². The van der Waals surface area contributed by atoms with Gasteiger partial charge in [0.15, 0.2) is 5.96 Å². The Kier molecular flexibility index (Phi) is 9.24. The Morgan fingerprint density at radius 3 is 2.85 bits per heavy atom. The van der Waals surface area contributed by atoms with Gasteiger partial charge in [-0.05, 0) is 49.8 Å². The lowest BCUT2D eigenvalue weighted by Gasteiger charge is -2.16. The number of hydrogen-bond acceptors (Lipinski definition) is 4. The van der Waals surface area contributed by atoms with Crippen molar-refractivity contribution in [1.82, 2.24) is 15.6 Å². The van der Waals surface area contributed by atoms with Gasteiger partial charge in [-0.25, -0.2) is 9.98 Å². The number of hydrogen-bond donors (Lipinski definition) is 2. The number of nitrogens with one attached hydrogen (secondary N) is 2. The number of anilines is 1. The molecule has 0 saturated carbocycles. The molecule has 2 rings (SSSR count). The van der Waals surface area contributed by atoms with Crippen LogP contribution >= 0.6 is 0 Å². The molecule has 0 bridgehead atoms. The topological polar surface area (TPSA) is 61.8 Å². The van der Waals surface area contributed by atoms with Crippen LogP contribution in [0.2, 0.25) is 0 Å². The van der Waals surface area contributed by atoms with E-state index in [4.69, 9.17) is 9.73 Å². The third-order valence-electron chi connectivity index (χ3n) is 4.21. The summed E-state index contributed by atoms with van der Waals surface area (Å²) in [6.45, 7) is 12.6. The van der Waals surface area contributed by atoms with E-state index in [-0.39, 0.29) is 0 Å². The van der Waals surface area contributed by atoms with E-state index >= 15 is 0 Å². The van der Waals surface area contributed by atoms with Crippen LogP contribution in [0.1, 0.15) is 45.6 Å². The molecule has 6 nitrogen and oxygen atoms in total. The highest BCUT2D eigenvalue weighted by Gasteiger charge is 2.13. The summed E-state index contributed by atoms with van der Waals surface area (Å²) < 4.78 is 5.62. The lowest BCUT2D eigenvalue weighted by atomic mass is 10.2. The van der Waals surface area contributed by atoms with Crippen molar-refractivity contribution in [3.8, 4) is 0 Å². The number of pyridine rings is 1. The average Bonchev–Trinajstić information content (AvgIpc) is 3.17. The van der Waals surface area contributed by atoms with E-state index in [0.717, 1.165) is 57.6 Å². The van der Waals surface area contributed by atoms with E-state index in [1.165, 1.54) is 18.4 Å². The molecule has 2 N–H and O–H groups in total. The van der Waals surface area contributed by atoms with Crippen molar-refractivity contribution < 1.29 is 4.74 Å². The van der Waals surface area contributed by atoms with E-state index in [2.05, 4.69) is 47.4 Å². The summed E-state index contributed by atoms with van der Waals surface area (Å²) in [6, 6.07) is 4.21. The molecule has 0 radical (unpaired) electrons. The first kappa shape index (κ1) is 20.5. The fourth-order valence-corrected chi connectivity index (χ4v) is 2.89. The van der Waals surface area contributed by atoms with Crippen LogP contribution in [0.25, 0.3) is 0 Å². The number of aromatic nitrogens is 1. The standard InChI is InChI=1S/C20H35N5O/c1-4-21-20(23-9-7-13-26-16-17(2)3)24-15-18-8-10-22-19(14-18)25-11-5-6-12-25/h8,10,14,17H,4-7,9,11-13,15-16H2,1-3H3,(H2,21,23,24). The first-order chi connectivity index (χ1) is 12.7. The molecular weight excluding hydrogens is 326 g/mol. The second-order valence-electron chi connectivity index (χ2n) is 7.16. The summed E-state index contributed by atoms with van der Waals surface area (Å²) in [7, 11) is 0. The van der Waals surface area contributed by atoms with E-state index in [1.54, 1.807) is 0 Å². The molecule has 1 fully saturated rings. The second-order valence-corrected chi connectivity index (χ2v) is 7.16. The largest absolute Gasteiger partial charge is 0.381 e. The van der Waals surface area contributed by atoms with Crippen molar-refractivity contribution in [2.24, 2.45) is 10.9 Å². The Bertz CT molecular complexity index is 541. The van der Waals surface area contributed by atoms with Gasteiger partial charge in [0, 0.05) is 45.6 Å². The zero-order valence-electron chi connectivity index (χ0n) is 16.6. The van der Waals surface area contributed by atoms with Gasteiger partial charge in [-0.1, -0.05) is 13.8 Å². The Hall–Kier alpha value is -1.82. The monoisotopic (exact) mass is 361 g/mol. The zero-order chi connectivity index (χ0) is 18.6. The number of aliphatic imine (C=N–C) groups is 1. The fourth-order valence-electron chi connectivity index (χ4n) is 2.89. The Morgan fingerprint density at radius 1 is 1.31 bits per heavy atom. The minimum Gasteiger partial charge on any atom is -0.381 e. The average molecular weight is 362 g/mol. The number of rotatable bonds is 10. The van der Waals surface area contributed by atoms with Crippen molar-refractivity contribution in [3.63, 3.8) is 0 Å². The Morgan fingerprint density at radius 2 is 2.12 bits per heavy atom. The van der Waals surface area contributed by atoms with Gasteiger partial charge in [0.05, 0.1) is 6.54 Å². The molecule has 1 saturated heterocycles. The van der Waals surface area contributed by atoms with Gasteiger partial charge in [-0.15, -0.1) is 0 Å². The van der Waals surface area contributed by atoms with Crippen LogP contribution in [0, 0.1) is 5.92 Å². The Labute approximate surface area is 158 Å². The summed E-state index contributed by atoms with van der Waals surface area (Å²) in [5.74, 6) is 2.53. The Balaban J connectivity index is 1.79. The van der Waals surface area contributed by atoms with Crippen molar-refractivity contribution in [1.29, 1.82) is 0 Å². The molecule has 1 aliphatic heterocycles. The smallest absolute Gasteiger partial charge is 0.191 e. The van der Waals surface area contributed by atoms with Crippen LogP contribution < -0.4 is 15.5 Å². The molecule has 1 aliphatic rings. The maximum atomic E-state index is 5.62. The normalized spacial score (nSPS) is 14.9. The molecule has 0 spiro atoms. The third-order valence-corrected chi connectivity index (χ3v) is 4.21. The van der Waals surface area contributed by atoms with E-state index in [1.807, 2.05) is 12.3 Å². The van der Waals surface area contributed by atoms with Crippen molar-refractivity contribution in [3.05, 3.63) is 23.9 Å². The molecule has 2 heterocycles. The maximum Gasteiger partial charge on any atom is 0.191 e. The predicted molar refractivity (Wildman–Crippen MR) is 109 cm³/mol. The second kappa shape index (κ2) is 11.7. The van der Waals surface area contributed by atoms with E-state index in [0.29, 0.717) is 12.5 Å². The first-order valence-electron chi connectivity index (χ1n) is 9.99. The minimum atomic E-state index is 0.590. The molecular formula is C20H35N5O. The van der Waals surface area contributed by atoms with Gasteiger partial charge in [-0.3, -0.25) is 0 Å². The van der Waals surface area contributed by atoms with Crippen molar-refractivity contribution in [2.45, 2.75) is 46.6 Å². The number of ether oxygens (including phenoxy) is 1. The molecule has 146 valence electrons. The molecule has 1 aromatic heterocycles. The fraction of sp³-hybridized carbons (Fsp3) is 0.700. The number of guanidine groups is 1. The molecule has 1 aromatic rings. The molecule has 26 heavy (non-hydrogen) atoms. The van der Waals surface area contributed by atoms with Crippen molar-refractivity contribution >= 4 is 11.8 Å². The predicted octanol–water partition coefficient (Wildman–Crippen LogP) is 2.80. The lowest BCUT2D eigenvalue weighted by Crippen LogP contribution is -2.38. The molecule has 0 unspecified atom stereocenters. The minimum absolute atomic E-state index is 0.590. The summed E-state index contributed by atoms with van der Waals surface area (Å²) in [6.07, 6.45) is 5.40. The summed E-state index contributed by atoms with van der Waals surface area (Å²) >= 11 is 0. The summed E-state index contributed by atoms with van der Waals surface area (Å²) in [5.41, 5.74) is 1.19. The first-order valence-corrected chi connectivity index (χ1v) is 9.99. The van der Waals surface area contributed by atoms with Gasteiger partial charge in [0.1, 0.15) is 5.82 Å². The highest BCUT2D eigenvalue weighted by Crippen LogP contribution is 2.18. The van der Waals surface area contributed by atoms with Gasteiger partial charge < -0.3 is 20.3 Å². The number of nitrogens with zero attached hydrogens (tertiary/aromatic N) is 3. The molecule has 0 amide bonds. The zero-order valence-corrected chi connectivity index (χ0v) is 16.6. The van der Waals surface area contributed by atoms with Crippen LogP contribution in [0.15, 0.2) is 23.3 Å². The van der Waals surface area contributed by atoms with Gasteiger partial charge >= 0.3 is 0 Å². The molecule has 6 heteroatoms. The third kappa shape index (κ3) is 7.60. The van der Waals surface area contributed by atoms with Crippen molar-refractivity contribution in [2.75, 3.05) is 44.3 Å². The van der Waals surface area contributed by atoms with Crippen LogP contribution in [-0.4, -0.2) is 50.3 Å². The quantitative estimate of drug-likeness (QED) is 0.381. The van der Waals surface area contributed by atoms with Crippen LogP contribution in [-0.2, 0) is 11.3 Å². The SMILES string of the molecule is CCNC(=NCc1ccnc(N2CCCC2)c1)NCCCOCC(C)C. The highest BCUT2D eigenvalue weighted by molar-refractivity contribution is 5.79. The maximum absolute atomic E-state index is 5.62. The summed E-state index contributed by atoms with van der Waals surface area (Å²) in [5, 5.41) is 6.69. The highest BCUT2D eigenvalue weighted by atomic mass is 16.5. The van der Waals surface area contributed by atoms with Crippen LogP contribution in [0.5, 0.6) is 0 Å². The molecule has 0 aromatic carbocycles. The van der Waals surface area contributed by atoms with Gasteiger partial charge in [-0.2, -0.15) is 0 Å². The lowest BCUT2D eigenvalue weighted by molar-refractivity contribution is 0.108. The van der Waals surface area contributed by atoms with Gasteiger partial charge in [0.2, 0.25) is 0 Å². The van der Waals surface area contributed by atoms with Crippen LogP contribution in [0.3, 0.4) is 0 Å². The molecule has 0 atom stereocenters. The van der Waals surface area contributed by atoms with Crippen LogP contribution in [0.4, 0.5) is 5.82 Å².